The van der Waals surface area contributed by atoms with E-state index in [-0.39, 0.29) is 0 Å². The molecule has 0 aliphatic carbocycles. The molecule has 0 aliphatic heterocycles. The largest absolute Gasteiger partial charge is 0.309 e. The van der Waals surface area contributed by atoms with E-state index < -0.39 is 0 Å². The first-order valence-corrected chi connectivity index (χ1v) is 8.43. The fourth-order valence-corrected chi connectivity index (χ4v) is 3.47. The second-order valence-corrected chi connectivity index (χ2v) is 6.28. The molecule has 2 unspecified atom stereocenters. The second-order valence-electron chi connectivity index (χ2n) is 5.07. The van der Waals surface area contributed by atoms with Gasteiger partial charge in [0.1, 0.15) is 6.33 Å². The molecule has 114 valence electrons. The minimum atomic E-state index is 0.331. The van der Waals surface area contributed by atoms with Gasteiger partial charge >= 0.3 is 0 Å². The molecule has 4 nitrogen and oxygen atoms in total. The molecule has 0 radical (unpaired) electrons. The van der Waals surface area contributed by atoms with Crippen LogP contribution in [0.1, 0.15) is 38.3 Å². The summed E-state index contributed by atoms with van der Waals surface area (Å²) >= 11 is 1.80. The standard InChI is InChI=1S/C16H24N4S/c1-4-11-17-15(13-9-7-6-8-10-13)14(5-2)21-16-18-12-19-20(16)3/h6-10,12,14-15,17H,4-5,11H2,1-3H3. The average molecular weight is 304 g/mol. The summed E-state index contributed by atoms with van der Waals surface area (Å²) in [7, 11) is 1.94. The Balaban J connectivity index is 2.18. The topological polar surface area (TPSA) is 42.7 Å². The van der Waals surface area contributed by atoms with Gasteiger partial charge in [0.25, 0.3) is 0 Å². The van der Waals surface area contributed by atoms with E-state index in [9.17, 15) is 0 Å². The fourth-order valence-electron chi connectivity index (χ4n) is 2.34. The molecule has 5 heteroatoms. The number of hydrogen-bond donors (Lipinski definition) is 1. The van der Waals surface area contributed by atoms with Gasteiger partial charge in [-0.15, -0.1) is 0 Å². The molecule has 0 aliphatic rings. The molecule has 1 N–H and O–H groups in total. The molecule has 1 heterocycles. The molecule has 1 aromatic heterocycles. The van der Waals surface area contributed by atoms with Crippen molar-refractivity contribution in [3.05, 3.63) is 42.2 Å². The summed E-state index contributed by atoms with van der Waals surface area (Å²) in [6.07, 6.45) is 3.83. The van der Waals surface area contributed by atoms with Crippen molar-refractivity contribution in [2.75, 3.05) is 6.54 Å². The van der Waals surface area contributed by atoms with Crippen molar-refractivity contribution in [1.29, 1.82) is 0 Å². The Hall–Kier alpha value is -1.33. The van der Waals surface area contributed by atoms with Crippen LogP contribution in [0, 0.1) is 0 Å². The molecule has 0 saturated carbocycles. The van der Waals surface area contributed by atoms with Crippen LogP contribution in [0.2, 0.25) is 0 Å². The van der Waals surface area contributed by atoms with Gasteiger partial charge in [-0.25, -0.2) is 9.67 Å². The zero-order valence-electron chi connectivity index (χ0n) is 13.0. The number of hydrogen-bond acceptors (Lipinski definition) is 4. The van der Waals surface area contributed by atoms with Crippen molar-refractivity contribution in [2.45, 2.75) is 43.1 Å². The summed E-state index contributed by atoms with van der Waals surface area (Å²) in [5.74, 6) is 0. The number of nitrogens with one attached hydrogen (secondary N) is 1. The minimum Gasteiger partial charge on any atom is -0.309 e. The van der Waals surface area contributed by atoms with E-state index in [1.165, 1.54) is 5.56 Å². The maximum atomic E-state index is 4.35. The molecule has 21 heavy (non-hydrogen) atoms. The molecule has 2 aromatic rings. The summed E-state index contributed by atoms with van der Waals surface area (Å²) in [4.78, 5) is 4.35. The van der Waals surface area contributed by atoms with E-state index in [4.69, 9.17) is 0 Å². The van der Waals surface area contributed by atoms with Gasteiger partial charge in [0, 0.05) is 18.3 Å². The van der Waals surface area contributed by atoms with Crippen LogP contribution < -0.4 is 5.32 Å². The molecule has 0 saturated heterocycles. The summed E-state index contributed by atoms with van der Waals surface area (Å²) in [5.41, 5.74) is 1.34. The quantitative estimate of drug-likeness (QED) is 0.759. The highest BCUT2D eigenvalue weighted by Crippen LogP contribution is 2.33. The van der Waals surface area contributed by atoms with Crippen molar-refractivity contribution >= 4 is 11.8 Å². The van der Waals surface area contributed by atoms with Gasteiger partial charge < -0.3 is 5.32 Å². The van der Waals surface area contributed by atoms with E-state index in [1.54, 1.807) is 18.1 Å². The zero-order chi connectivity index (χ0) is 15.1. The SMILES string of the molecule is CCCNC(c1ccccc1)C(CC)Sc1ncnn1C. The fraction of sp³-hybridized carbons (Fsp3) is 0.500. The van der Waals surface area contributed by atoms with Gasteiger partial charge in [-0.3, -0.25) is 0 Å². The lowest BCUT2D eigenvalue weighted by molar-refractivity contribution is 0.503. The van der Waals surface area contributed by atoms with Gasteiger partial charge in [-0.1, -0.05) is 55.9 Å². The Kier molecular flexibility index (Phi) is 6.26. The second kappa shape index (κ2) is 8.20. The number of nitrogens with zero attached hydrogens (tertiary/aromatic N) is 3. The Morgan fingerprint density at radius 1 is 1.24 bits per heavy atom. The monoisotopic (exact) mass is 304 g/mol. The molecular weight excluding hydrogens is 280 g/mol. The van der Waals surface area contributed by atoms with Gasteiger partial charge in [0.15, 0.2) is 5.16 Å². The molecule has 2 atom stereocenters. The van der Waals surface area contributed by atoms with Crippen LogP contribution in [-0.2, 0) is 7.05 Å². The third kappa shape index (κ3) is 4.32. The van der Waals surface area contributed by atoms with Gasteiger partial charge in [0.05, 0.1) is 0 Å². The summed E-state index contributed by atoms with van der Waals surface area (Å²) in [5, 5.41) is 9.26. The first kappa shape index (κ1) is 16.0. The van der Waals surface area contributed by atoms with E-state index in [1.807, 2.05) is 11.7 Å². The van der Waals surface area contributed by atoms with E-state index in [0.29, 0.717) is 11.3 Å². The lowest BCUT2D eigenvalue weighted by Gasteiger charge is -2.27. The smallest absolute Gasteiger partial charge is 0.186 e. The van der Waals surface area contributed by atoms with Crippen LogP contribution in [0.4, 0.5) is 0 Å². The first-order chi connectivity index (χ1) is 10.3. The van der Waals surface area contributed by atoms with Gasteiger partial charge in [0.2, 0.25) is 0 Å². The van der Waals surface area contributed by atoms with E-state index in [0.717, 1.165) is 24.5 Å². The van der Waals surface area contributed by atoms with Crippen molar-refractivity contribution in [2.24, 2.45) is 7.05 Å². The molecule has 1 aromatic carbocycles. The Bertz CT molecular complexity index is 526. The molecule has 0 fully saturated rings. The van der Waals surface area contributed by atoms with Crippen molar-refractivity contribution in [3.8, 4) is 0 Å². The molecular formula is C16H24N4S. The summed E-state index contributed by atoms with van der Waals surface area (Å²) in [6.45, 7) is 5.46. The highest BCUT2D eigenvalue weighted by atomic mass is 32.2. The Morgan fingerprint density at radius 3 is 2.57 bits per heavy atom. The number of aryl methyl sites for hydroxylation is 1. The normalized spacial score (nSPS) is 14.0. The van der Waals surface area contributed by atoms with Crippen LogP contribution in [0.25, 0.3) is 0 Å². The van der Waals surface area contributed by atoms with Crippen LogP contribution in [0.5, 0.6) is 0 Å². The number of aromatic nitrogens is 3. The van der Waals surface area contributed by atoms with Crippen LogP contribution in [-0.4, -0.2) is 26.6 Å². The zero-order valence-corrected chi connectivity index (χ0v) is 13.8. The minimum absolute atomic E-state index is 0.331. The maximum absolute atomic E-state index is 4.35. The number of benzene rings is 1. The molecule has 2 rings (SSSR count). The van der Waals surface area contributed by atoms with E-state index >= 15 is 0 Å². The summed E-state index contributed by atoms with van der Waals surface area (Å²) in [6, 6.07) is 11.0. The Morgan fingerprint density at radius 2 is 2.00 bits per heavy atom. The predicted molar refractivity (Wildman–Crippen MR) is 88.4 cm³/mol. The molecule has 0 amide bonds. The third-order valence-electron chi connectivity index (χ3n) is 3.47. The maximum Gasteiger partial charge on any atom is 0.186 e. The van der Waals surface area contributed by atoms with Crippen molar-refractivity contribution in [1.82, 2.24) is 20.1 Å². The Labute approximate surface area is 131 Å². The van der Waals surface area contributed by atoms with Gasteiger partial charge in [-0.2, -0.15) is 5.10 Å². The van der Waals surface area contributed by atoms with E-state index in [2.05, 4.69) is 59.6 Å². The van der Waals surface area contributed by atoms with Gasteiger partial charge in [-0.05, 0) is 24.9 Å². The average Bonchev–Trinajstić information content (AvgIpc) is 2.92. The van der Waals surface area contributed by atoms with Crippen molar-refractivity contribution < 1.29 is 0 Å². The summed E-state index contributed by atoms with van der Waals surface area (Å²) < 4.78 is 1.84. The predicted octanol–water partition coefficient (Wildman–Crippen LogP) is 3.43. The van der Waals surface area contributed by atoms with Crippen LogP contribution in [0.3, 0.4) is 0 Å². The van der Waals surface area contributed by atoms with Crippen LogP contribution >= 0.6 is 11.8 Å². The lowest BCUT2D eigenvalue weighted by Crippen LogP contribution is -2.30. The molecule has 0 spiro atoms. The highest BCUT2D eigenvalue weighted by molar-refractivity contribution is 7.99. The number of rotatable bonds is 8. The van der Waals surface area contributed by atoms with Crippen LogP contribution in [0.15, 0.2) is 41.8 Å². The number of thioether (sulfide) groups is 1. The molecule has 0 bridgehead atoms. The third-order valence-corrected chi connectivity index (χ3v) is 4.96. The van der Waals surface area contributed by atoms with Crippen molar-refractivity contribution in [3.63, 3.8) is 0 Å². The first-order valence-electron chi connectivity index (χ1n) is 7.55. The lowest BCUT2D eigenvalue weighted by atomic mass is 10.0. The highest BCUT2D eigenvalue weighted by Gasteiger charge is 2.23.